The molecule has 0 atom stereocenters. The first-order valence-corrected chi connectivity index (χ1v) is 14.4. The van der Waals surface area contributed by atoms with Gasteiger partial charge >= 0.3 is 0 Å². The minimum atomic E-state index is 1.36. The van der Waals surface area contributed by atoms with Gasteiger partial charge in [-0.25, -0.2) is 0 Å². The predicted molar refractivity (Wildman–Crippen MR) is 129 cm³/mol. The van der Waals surface area contributed by atoms with Crippen LogP contribution in [0.25, 0.3) is 0 Å². The van der Waals surface area contributed by atoms with Crippen molar-refractivity contribution in [3.63, 3.8) is 0 Å². The lowest BCUT2D eigenvalue weighted by molar-refractivity contribution is 0.564. The third-order valence-corrected chi connectivity index (χ3v) is 7.42. The van der Waals surface area contributed by atoms with Crippen molar-refractivity contribution in [3.8, 4) is 0 Å². The molecule has 158 valence electrons. The van der Waals surface area contributed by atoms with Crippen LogP contribution in [0.3, 0.4) is 0 Å². The molecule has 0 saturated heterocycles. The Morgan fingerprint density at radius 2 is 0.538 bits per heavy atom. The zero-order chi connectivity index (χ0) is 19.0. The molecular weight excluding hydrogens is 352 g/mol. The summed E-state index contributed by atoms with van der Waals surface area (Å²) in [5, 5.41) is 0. The van der Waals surface area contributed by atoms with Crippen LogP contribution in [0.5, 0.6) is 0 Å². The summed E-state index contributed by atoms with van der Waals surface area (Å²) in [6.07, 6.45) is 26.1. The van der Waals surface area contributed by atoms with E-state index in [-0.39, 0.29) is 0 Å². The highest BCUT2D eigenvalue weighted by atomic mass is 32.2. The molecule has 26 heavy (non-hydrogen) atoms. The maximum atomic E-state index is 2.30. The van der Waals surface area contributed by atoms with Crippen molar-refractivity contribution in [3.05, 3.63) is 0 Å². The van der Waals surface area contributed by atoms with E-state index in [0.717, 1.165) is 0 Å². The van der Waals surface area contributed by atoms with E-state index in [1.54, 1.807) is 0 Å². The lowest BCUT2D eigenvalue weighted by atomic mass is 10.1. The van der Waals surface area contributed by atoms with Crippen LogP contribution in [-0.4, -0.2) is 23.0 Å². The molecule has 0 radical (unpaired) electrons. The summed E-state index contributed by atoms with van der Waals surface area (Å²) in [5.74, 6) is 5.61. The Balaban J connectivity index is 2.95. The van der Waals surface area contributed by atoms with Crippen LogP contribution >= 0.6 is 23.5 Å². The van der Waals surface area contributed by atoms with Gasteiger partial charge in [0.25, 0.3) is 0 Å². The van der Waals surface area contributed by atoms with E-state index in [1.807, 2.05) is 0 Å². The average molecular weight is 403 g/mol. The van der Waals surface area contributed by atoms with Crippen LogP contribution in [0, 0.1) is 0 Å². The smallest absolute Gasteiger partial charge is 0.00675 e. The zero-order valence-corrected chi connectivity index (χ0v) is 20.0. The topological polar surface area (TPSA) is 0 Å². The molecule has 0 aromatic heterocycles. The van der Waals surface area contributed by atoms with Gasteiger partial charge in [0.05, 0.1) is 0 Å². The Bertz CT molecular complexity index is 206. The normalized spacial score (nSPS) is 11.3. The molecule has 0 aliphatic rings. The lowest BCUT2D eigenvalue weighted by Crippen LogP contribution is -1.87. The fourth-order valence-corrected chi connectivity index (χ4v) is 5.33. The second kappa shape index (κ2) is 25.7. The molecule has 0 N–H and O–H groups in total. The molecule has 0 saturated carbocycles. The second-order valence-electron chi connectivity index (χ2n) is 7.88. The van der Waals surface area contributed by atoms with E-state index in [2.05, 4.69) is 37.4 Å². The minimum absolute atomic E-state index is 1.36. The van der Waals surface area contributed by atoms with Crippen LogP contribution < -0.4 is 0 Å². The van der Waals surface area contributed by atoms with Crippen molar-refractivity contribution in [1.29, 1.82) is 0 Å². The van der Waals surface area contributed by atoms with Crippen LogP contribution in [0.1, 0.15) is 129 Å². The minimum Gasteiger partial charge on any atom is -0.162 e. The molecule has 0 aromatic carbocycles. The van der Waals surface area contributed by atoms with Crippen molar-refractivity contribution < 1.29 is 0 Å². The van der Waals surface area contributed by atoms with Gasteiger partial charge in [0.2, 0.25) is 0 Å². The first-order valence-electron chi connectivity index (χ1n) is 12.1. The van der Waals surface area contributed by atoms with Crippen molar-refractivity contribution >= 4 is 23.5 Å². The van der Waals surface area contributed by atoms with Gasteiger partial charge in [-0.3, -0.25) is 0 Å². The van der Waals surface area contributed by atoms with Gasteiger partial charge in [-0.05, 0) is 48.7 Å². The molecule has 0 aromatic rings. The van der Waals surface area contributed by atoms with E-state index < -0.39 is 0 Å². The van der Waals surface area contributed by atoms with Crippen molar-refractivity contribution in [2.75, 3.05) is 23.0 Å². The number of thioether (sulfide) groups is 2. The van der Waals surface area contributed by atoms with Crippen LogP contribution in [0.15, 0.2) is 0 Å². The molecule has 0 rings (SSSR count). The Kier molecular flexibility index (Phi) is 26.4. The molecule has 0 amide bonds. The molecular formula is C24H50S2. The zero-order valence-electron chi connectivity index (χ0n) is 18.4. The van der Waals surface area contributed by atoms with Crippen molar-refractivity contribution in [1.82, 2.24) is 0 Å². The highest BCUT2D eigenvalue weighted by molar-refractivity contribution is 7.99. The maximum absolute atomic E-state index is 2.30. The molecule has 0 heterocycles. The molecule has 0 unspecified atom stereocenters. The molecule has 0 fully saturated rings. The Hall–Kier alpha value is 0.700. The van der Waals surface area contributed by atoms with E-state index in [9.17, 15) is 0 Å². The monoisotopic (exact) mass is 402 g/mol. The van der Waals surface area contributed by atoms with Gasteiger partial charge in [0.15, 0.2) is 0 Å². The molecule has 0 spiro atoms. The molecule has 0 bridgehead atoms. The second-order valence-corrected chi connectivity index (χ2v) is 10.3. The van der Waals surface area contributed by atoms with Crippen LogP contribution in [-0.2, 0) is 0 Å². The number of hydrogen-bond acceptors (Lipinski definition) is 2. The Morgan fingerprint density at radius 3 is 0.808 bits per heavy atom. The fourth-order valence-electron chi connectivity index (χ4n) is 3.29. The molecule has 0 aliphatic carbocycles. The van der Waals surface area contributed by atoms with Gasteiger partial charge in [0.1, 0.15) is 0 Å². The SMILES string of the molecule is CCCCCCSCCCCCCCCCCCCSCCCCCC. The van der Waals surface area contributed by atoms with E-state index in [0.29, 0.717) is 0 Å². The number of rotatable bonds is 23. The van der Waals surface area contributed by atoms with Crippen molar-refractivity contribution in [2.24, 2.45) is 0 Å². The van der Waals surface area contributed by atoms with Gasteiger partial charge in [-0.15, -0.1) is 0 Å². The summed E-state index contributed by atoms with van der Waals surface area (Å²) < 4.78 is 0. The lowest BCUT2D eigenvalue weighted by Gasteiger charge is -2.04. The summed E-state index contributed by atoms with van der Waals surface area (Å²) in [5.41, 5.74) is 0. The Morgan fingerprint density at radius 1 is 0.308 bits per heavy atom. The number of hydrogen-bond donors (Lipinski definition) is 0. The van der Waals surface area contributed by atoms with E-state index in [1.165, 1.54) is 139 Å². The summed E-state index contributed by atoms with van der Waals surface area (Å²) in [6.45, 7) is 4.59. The third kappa shape index (κ3) is 24.7. The summed E-state index contributed by atoms with van der Waals surface area (Å²) in [7, 11) is 0. The van der Waals surface area contributed by atoms with Gasteiger partial charge < -0.3 is 0 Å². The predicted octanol–water partition coefficient (Wildman–Crippen LogP) is 9.51. The van der Waals surface area contributed by atoms with Gasteiger partial charge in [0, 0.05) is 0 Å². The molecule has 2 heteroatoms. The first-order chi connectivity index (χ1) is 12.9. The summed E-state index contributed by atoms with van der Waals surface area (Å²) in [6, 6.07) is 0. The highest BCUT2D eigenvalue weighted by Crippen LogP contribution is 2.15. The van der Waals surface area contributed by atoms with Crippen molar-refractivity contribution in [2.45, 2.75) is 129 Å². The van der Waals surface area contributed by atoms with E-state index in [4.69, 9.17) is 0 Å². The van der Waals surface area contributed by atoms with Gasteiger partial charge in [-0.2, -0.15) is 23.5 Å². The third-order valence-electron chi connectivity index (χ3n) is 5.11. The van der Waals surface area contributed by atoms with Crippen LogP contribution in [0.2, 0.25) is 0 Å². The fraction of sp³-hybridized carbons (Fsp3) is 1.00. The standard InChI is InChI=1S/C24H50S2/c1-3-5-7-17-21-25-23-19-15-13-11-9-10-12-14-16-20-24-26-22-18-8-6-4-2/h3-24H2,1-2H3. The number of unbranched alkanes of at least 4 members (excludes halogenated alkanes) is 15. The Labute approximate surface area is 175 Å². The average Bonchev–Trinajstić information content (AvgIpc) is 2.66. The first kappa shape index (κ1) is 26.7. The summed E-state index contributed by atoms with van der Waals surface area (Å²) in [4.78, 5) is 0. The largest absolute Gasteiger partial charge is 0.162 e. The molecule has 0 aliphatic heterocycles. The molecule has 0 nitrogen and oxygen atoms in total. The van der Waals surface area contributed by atoms with Gasteiger partial charge in [-0.1, -0.05) is 104 Å². The maximum Gasteiger partial charge on any atom is -0.00675 e. The van der Waals surface area contributed by atoms with E-state index >= 15 is 0 Å². The quantitative estimate of drug-likeness (QED) is 0.156. The highest BCUT2D eigenvalue weighted by Gasteiger charge is 1.95. The van der Waals surface area contributed by atoms with Crippen LogP contribution in [0.4, 0.5) is 0 Å². The summed E-state index contributed by atoms with van der Waals surface area (Å²) >= 11 is 4.38.